The normalized spacial score (nSPS) is 34.1. The Bertz CT molecular complexity index is 302. The Balaban J connectivity index is 2.08. The molecule has 1 spiro atoms. The Morgan fingerprint density at radius 3 is 2.76 bits per heavy atom. The number of hydrogen-bond acceptors (Lipinski definition) is 5. The van der Waals surface area contributed by atoms with Gasteiger partial charge in [0.05, 0.1) is 12.1 Å². The Kier molecular flexibility index (Phi) is 3.32. The number of likely N-dealkylation sites (tertiary alicyclic amines) is 1. The van der Waals surface area contributed by atoms with Gasteiger partial charge in [0.2, 0.25) is 0 Å². The zero-order valence-electron chi connectivity index (χ0n) is 11.5. The predicted octanol–water partition coefficient (Wildman–Crippen LogP) is -0.359. The summed E-state index contributed by atoms with van der Waals surface area (Å²) < 4.78 is 0. The van der Waals surface area contributed by atoms with Crippen molar-refractivity contribution < 1.29 is 0 Å². The smallest absolute Gasteiger partial charge is 0.191 e. The highest BCUT2D eigenvalue weighted by Gasteiger charge is 2.48. The molecule has 2 aliphatic heterocycles. The van der Waals surface area contributed by atoms with Crippen LogP contribution in [0, 0.1) is 0 Å². The summed E-state index contributed by atoms with van der Waals surface area (Å²) in [5.74, 6) is 0.731. The van der Waals surface area contributed by atoms with Crippen LogP contribution in [-0.2, 0) is 0 Å². The molecule has 0 amide bonds. The third-order valence-electron chi connectivity index (χ3n) is 4.13. The Morgan fingerprint density at radius 2 is 2.24 bits per heavy atom. The molecule has 1 fully saturated rings. The molecule has 0 aromatic carbocycles. The van der Waals surface area contributed by atoms with Crippen molar-refractivity contribution in [3.8, 4) is 0 Å². The average Bonchev–Trinajstić information content (AvgIpc) is 2.67. The van der Waals surface area contributed by atoms with Crippen molar-refractivity contribution >= 4 is 5.96 Å². The van der Waals surface area contributed by atoms with E-state index in [1.165, 1.54) is 6.42 Å². The van der Waals surface area contributed by atoms with E-state index in [1.807, 2.05) is 0 Å². The second-order valence-electron chi connectivity index (χ2n) is 5.82. The molecule has 17 heavy (non-hydrogen) atoms. The zero-order valence-corrected chi connectivity index (χ0v) is 11.5. The van der Waals surface area contributed by atoms with Gasteiger partial charge in [-0.1, -0.05) is 0 Å². The summed E-state index contributed by atoms with van der Waals surface area (Å²) in [5.41, 5.74) is 6.21. The highest BCUT2D eigenvalue weighted by molar-refractivity contribution is 5.81. The lowest BCUT2D eigenvalue weighted by Crippen LogP contribution is -2.54. The minimum Gasteiger partial charge on any atom is -0.370 e. The monoisotopic (exact) mass is 239 g/mol. The summed E-state index contributed by atoms with van der Waals surface area (Å²) in [5, 5.41) is 0. The molecule has 2 atom stereocenters. The summed E-state index contributed by atoms with van der Waals surface area (Å²) in [6.45, 7) is 6.22. The van der Waals surface area contributed by atoms with Gasteiger partial charge in [0, 0.05) is 25.7 Å². The summed E-state index contributed by atoms with van der Waals surface area (Å²) in [6, 6.07) is 0.623. The van der Waals surface area contributed by atoms with Crippen LogP contribution >= 0.6 is 0 Å². The van der Waals surface area contributed by atoms with E-state index in [-0.39, 0.29) is 5.54 Å². The number of rotatable bonds is 3. The first-order valence-electron chi connectivity index (χ1n) is 6.37. The molecule has 2 N–H and O–H groups in total. The quantitative estimate of drug-likeness (QED) is 0.731. The maximum atomic E-state index is 6.05. The van der Waals surface area contributed by atoms with E-state index in [0.717, 1.165) is 32.1 Å². The second-order valence-corrected chi connectivity index (χ2v) is 5.82. The van der Waals surface area contributed by atoms with Crippen molar-refractivity contribution in [2.45, 2.75) is 24.9 Å². The number of aliphatic imine (C=N–C) groups is 1. The average molecular weight is 239 g/mol. The van der Waals surface area contributed by atoms with Gasteiger partial charge in [0.25, 0.3) is 0 Å². The summed E-state index contributed by atoms with van der Waals surface area (Å²) in [6.07, 6.45) is 1.17. The lowest BCUT2D eigenvalue weighted by Gasteiger charge is -2.36. The summed E-state index contributed by atoms with van der Waals surface area (Å²) in [4.78, 5) is 11.4. The summed E-state index contributed by atoms with van der Waals surface area (Å²) >= 11 is 0. The minimum absolute atomic E-state index is 0.161. The Labute approximate surface area is 104 Å². The lowest BCUT2D eigenvalue weighted by atomic mass is 9.95. The molecule has 5 nitrogen and oxygen atoms in total. The fourth-order valence-electron chi connectivity index (χ4n) is 2.99. The first-order chi connectivity index (χ1) is 7.94. The van der Waals surface area contributed by atoms with E-state index in [4.69, 9.17) is 5.73 Å². The molecule has 0 aliphatic carbocycles. The number of nitrogens with zero attached hydrogens (tertiary/aromatic N) is 4. The molecule has 2 aliphatic rings. The first kappa shape index (κ1) is 12.6. The van der Waals surface area contributed by atoms with E-state index in [1.54, 1.807) is 0 Å². The third kappa shape index (κ3) is 2.26. The molecule has 0 aromatic heterocycles. The molecular formula is C12H25N5. The van der Waals surface area contributed by atoms with E-state index < -0.39 is 0 Å². The molecule has 0 radical (unpaired) electrons. The fraction of sp³-hybridized carbons (Fsp3) is 0.917. The number of guanidine groups is 1. The molecule has 0 bridgehead atoms. The molecule has 0 aromatic rings. The molecule has 2 unspecified atom stereocenters. The second kappa shape index (κ2) is 4.46. The highest BCUT2D eigenvalue weighted by atomic mass is 15.4. The van der Waals surface area contributed by atoms with Gasteiger partial charge in [-0.3, -0.25) is 4.99 Å². The molecule has 1 saturated heterocycles. The first-order valence-corrected chi connectivity index (χ1v) is 6.37. The highest BCUT2D eigenvalue weighted by Crippen LogP contribution is 2.34. The number of nitrogens with two attached hydrogens (primary N) is 1. The van der Waals surface area contributed by atoms with Gasteiger partial charge in [-0.25, -0.2) is 0 Å². The van der Waals surface area contributed by atoms with Crippen molar-refractivity contribution in [3.63, 3.8) is 0 Å². The third-order valence-corrected chi connectivity index (χ3v) is 4.13. The number of likely N-dealkylation sites (N-methyl/N-ethyl adjacent to an activating group) is 2. The van der Waals surface area contributed by atoms with Gasteiger partial charge >= 0.3 is 0 Å². The molecular weight excluding hydrogens is 214 g/mol. The van der Waals surface area contributed by atoms with E-state index >= 15 is 0 Å². The van der Waals surface area contributed by atoms with Crippen LogP contribution in [0.5, 0.6) is 0 Å². The van der Waals surface area contributed by atoms with Crippen LogP contribution in [0.25, 0.3) is 0 Å². The van der Waals surface area contributed by atoms with Crippen LogP contribution in [0.3, 0.4) is 0 Å². The van der Waals surface area contributed by atoms with Gasteiger partial charge in [-0.2, -0.15) is 0 Å². The van der Waals surface area contributed by atoms with Crippen LogP contribution in [0.2, 0.25) is 0 Å². The van der Waals surface area contributed by atoms with Gasteiger partial charge in [0.15, 0.2) is 5.96 Å². The van der Waals surface area contributed by atoms with Crippen LogP contribution < -0.4 is 5.73 Å². The van der Waals surface area contributed by atoms with Gasteiger partial charge < -0.3 is 20.4 Å². The SMILES string of the molecule is CC1CC2(CN=C(N)N2CCN(C)C)CN1C. The van der Waals surface area contributed by atoms with Crippen LogP contribution in [-0.4, -0.2) is 79.6 Å². The van der Waals surface area contributed by atoms with E-state index in [9.17, 15) is 0 Å². The maximum absolute atomic E-state index is 6.05. The largest absolute Gasteiger partial charge is 0.370 e. The Hall–Kier alpha value is -0.810. The topological polar surface area (TPSA) is 48.1 Å². The van der Waals surface area contributed by atoms with Crippen molar-refractivity contribution in [3.05, 3.63) is 0 Å². The summed E-state index contributed by atoms with van der Waals surface area (Å²) in [7, 11) is 6.39. The van der Waals surface area contributed by atoms with Crippen molar-refractivity contribution in [2.75, 3.05) is 47.3 Å². The van der Waals surface area contributed by atoms with Crippen molar-refractivity contribution in [1.29, 1.82) is 0 Å². The minimum atomic E-state index is 0.161. The maximum Gasteiger partial charge on any atom is 0.191 e. The van der Waals surface area contributed by atoms with Gasteiger partial charge in [-0.15, -0.1) is 0 Å². The van der Waals surface area contributed by atoms with Crippen molar-refractivity contribution in [2.24, 2.45) is 10.7 Å². The predicted molar refractivity (Wildman–Crippen MR) is 71.2 cm³/mol. The standard InChI is InChI=1S/C12H25N5/c1-10-7-12(9-16(10)4)8-14-11(13)17(12)6-5-15(2)3/h10H,5-9H2,1-4H3,(H2,13,14). The van der Waals surface area contributed by atoms with Gasteiger partial charge in [-0.05, 0) is 34.5 Å². The fourth-order valence-corrected chi connectivity index (χ4v) is 2.99. The molecule has 2 rings (SSSR count). The molecule has 98 valence electrons. The molecule has 2 heterocycles. The lowest BCUT2D eigenvalue weighted by molar-refractivity contribution is 0.189. The van der Waals surface area contributed by atoms with Crippen LogP contribution in [0.1, 0.15) is 13.3 Å². The van der Waals surface area contributed by atoms with E-state index in [0.29, 0.717) is 6.04 Å². The van der Waals surface area contributed by atoms with Gasteiger partial charge in [0.1, 0.15) is 0 Å². The Morgan fingerprint density at radius 1 is 1.53 bits per heavy atom. The van der Waals surface area contributed by atoms with Crippen LogP contribution in [0.15, 0.2) is 4.99 Å². The number of hydrogen-bond donors (Lipinski definition) is 1. The zero-order chi connectivity index (χ0) is 12.6. The molecule has 0 saturated carbocycles. The van der Waals surface area contributed by atoms with Crippen LogP contribution in [0.4, 0.5) is 0 Å². The van der Waals surface area contributed by atoms with Crippen molar-refractivity contribution in [1.82, 2.24) is 14.7 Å². The van der Waals surface area contributed by atoms with E-state index in [2.05, 4.69) is 47.8 Å². The molecule has 5 heteroatoms.